The van der Waals surface area contributed by atoms with Crippen LogP contribution >= 0.6 is 0 Å². The first-order chi connectivity index (χ1) is 8.78. The Hall–Kier alpha value is -1.18. The molecule has 2 N–H and O–H groups in total. The van der Waals surface area contributed by atoms with E-state index in [-0.39, 0.29) is 17.3 Å². The molecule has 0 aliphatic heterocycles. The first-order valence-corrected chi connectivity index (χ1v) is 7.24. The molecule has 0 aliphatic rings. The van der Waals surface area contributed by atoms with Crippen molar-refractivity contribution in [2.75, 3.05) is 13.7 Å². The Kier molecular flexibility index (Phi) is 4.89. The maximum Gasteiger partial charge on any atom is 0.241 e. The summed E-state index contributed by atoms with van der Waals surface area (Å²) < 4.78 is 44.8. The normalized spacial score (nSPS) is 15.0. The fraction of sp³-hybridized carbons (Fsp3) is 0.500. The van der Waals surface area contributed by atoms with Crippen molar-refractivity contribution < 1.29 is 22.7 Å². The lowest BCUT2D eigenvalue weighted by atomic mass is 10.0. The van der Waals surface area contributed by atoms with Crippen LogP contribution in [0.3, 0.4) is 0 Å². The van der Waals surface area contributed by atoms with E-state index in [4.69, 9.17) is 4.74 Å². The summed E-state index contributed by atoms with van der Waals surface area (Å²) in [4.78, 5) is -0.209. The zero-order valence-corrected chi connectivity index (χ0v) is 11.9. The summed E-state index contributed by atoms with van der Waals surface area (Å²) in [5, 5.41) is 9.21. The van der Waals surface area contributed by atoms with Crippen molar-refractivity contribution in [3.05, 3.63) is 24.0 Å². The largest absolute Gasteiger partial charge is 0.494 e. The number of hydrogen-bond donors (Lipinski definition) is 2. The fourth-order valence-corrected chi connectivity index (χ4v) is 2.90. The van der Waals surface area contributed by atoms with Crippen molar-refractivity contribution in [1.82, 2.24) is 4.72 Å². The lowest BCUT2D eigenvalue weighted by molar-refractivity contribution is 0.191. The molecule has 0 heterocycles. The lowest BCUT2D eigenvalue weighted by Gasteiger charge is -2.26. The number of ether oxygens (including phenoxy) is 1. The summed E-state index contributed by atoms with van der Waals surface area (Å²) in [5.41, 5.74) is -0.977. The number of nitrogens with one attached hydrogen (secondary N) is 1. The number of rotatable bonds is 6. The summed E-state index contributed by atoms with van der Waals surface area (Å²) in [7, 11) is -2.60. The predicted octanol–water partition coefficient (Wildman–Crippen LogP) is 1.27. The van der Waals surface area contributed by atoms with E-state index in [0.29, 0.717) is 6.42 Å². The van der Waals surface area contributed by atoms with Gasteiger partial charge in [-0.2, -0.15) is 0 Å². The Morgan fingerprint density at radius 2 is 2.11 bits per heavy atom. The van der Waals surface area contributed by atoms with Gasteiger partial charge in [-0.1, -0.05) is 6.92 Å². The number of methoxy groups -OCH3 is 1. The highest BCUT2D eigenvalue weighted by molar-refractivity contribution is 7.89. The number of aliphatic hydroxyl groups excluding tert-OH is 1. The van der Waals surface area contributed by atoms with Crippen LogP contribution in [0.15, 0.2) is 23.1 Å². The Labute approximate surface area is 112 Å². The highest BCUT2D eigenvalue weighted by Crippen LogP contribution is 2.22. The van der Waals surface area contributed by atoms with Gasteiger partial charge >= 0.3 is 0 Å². The third-order valence-corrected chi connectivity index (χ3v) is 4.58. The predicted molar refractivity (Wildman–Crippen MR) is 69.1 cm³/mol. The van der Waals surface area contributed by atoms with Gasteiger partial charge in [0, 0.05) is 0 Å². The van der Waals surface area contributed by atoms with Crippen molar-refractivity contribution in [1.29, 1.82) is 0 Å². The molecule has 1 unspecified atom stereocenters. The molecule has 0 aliphatic carbocycles. The molecule has 0 amide bonds. The topological polar surface area (TPSA) is 75.6 Å². The number of aliphatic hydroxyl groups is 1. The summed E-state index contributed by atoms with van der Waals surface area (Å²) in [6.07, 6.45) is 0.404. The molecule has 1 atom stereocenters. The number of hydrogen-bond acceptors (Lipinski definition) is 4. The quantitative estimate of drug-likeness (QED) is 0.827. The molecule has 0 aromatic heterocycles. The van der Waals surface area contributed by atoms with Gasteiger partial charge in [-0.15, -0.1) is 0 Å². The zero-order valence-electron chi connectivity index (χ0n) is 11.1. The molecular weight excluding hydrogens is 273 g/mol. The molecule has 7 heteroatoms. The van der Waals surface area contributed by atoms with Gasteiger partial charge in [0.25, 0.3) is 0 Å². The summed E-state index contributed by atoms with van der Waals surface area (Å²) in [5.74, 6) is -0.785. The van der Waals surface area contributed by atoms with Gasteiger partial charge in [0.05, 0.1) is 24.2 Å². The van der Waals surface area contributed by atoms with Gasteiger partial charge in [-0.3, -0.25) is 0 Å². The highest BCUT2D eigenvalue weighted by atomic mass is 32.2. The summed E-state index contributed by atoms with van der Waals surface area (Å²) >= 11 is 0. The Morgan fingerprint density at radius 3 is 2.53 bits per heavy atom. The Morgan fingerprint density at radius 1 is 1.47 bits per heavy atom. The fourth-order valence-electron chi connectivity index (χ4n) is 1.41. The van der Waals surface area contributed by atoms with Crippen LogP contribution in [-0.2, 0) is 10.0 Å². The molecule has 1 aromatic rings. The molecule has 0 spiro atoms. The van der Waals surface area contributed by atoms with Crippen LogP contribution in [-0.4, -0.2) is 32.8 Å². The van der Waals surface area contributed by atoms with E-state index in [1.54, 1.807) is 13.8 Å². The standard InChI is InChI=1S/C12H18FNO4S/c1-4-12(2,8-15)14-19(16,17)9-5-6-11(18-3)10(13)7-9/h5-7,14-15H,4,8H2,1-3H3. The Balaban J connectivity index is 3.11. The third-order valence-electron chi connectivity index (χ3n) is 2.94. The zero-order chi connectivity index (χ0) is 14.7. The van der Waals surface area contributed by atoms with E-state index in [2.05, 4.69) is 4.72 Å². The van der Waals surface area contributed by atoms with Crippen LogP contribution in [0.25, 0.3) is 0 Å². The number of halogens is 1. The summed E-state index contributed by atoms with van der Waals surface area (Å²) in [6.45, 7) is 2.97. The highest BCUT2D eigenvalue weighted by Gasteiger charge is 2.28. The van der Waals surface area contributed by atoms with Crippen molar-refractivity contribution in [3.63, 3.8) is 0 Å². The van der Waals surface area contributed by atoms with E-state index in [1.807, 2.05) is 0 Å². The van der Waals surface area contributed by atoms with Gasteiger partial charge in [0.15, 0.2) is 11.6 Å². The van der Waals surface area contributed by atoms with Crippen molar-refractivity contribution >= 4 is 10.0 Å². The van der Waals surface area contributed by atoms with E-state index < -0.39 is 21.4 Å². The van der Waals surface area contributed by atoms with Gasteiger partial charge < -0.3 is 9.84 Å². The molecular formula is C12H18FNO4S. The average Bonchev–Trinajstić information content (AvgIpc) is 2.38. The van der Waals surface area contributed by atoms with Gasteiger partial charge in [0.1, 0.15) is 0 Å². The average molecular weight is 291 g/mol. The maximum absolute atomic E-state index is 13.5. The second-order valence-corrected chi connectivity index (χ2v) is 6.16. The van der Waals surface area contributed by atoms with Crippen LogP contribution < -0.4 is 9.46 Å². The van der Waals surface area contributed by atoms with E-state index in [1.165, 1.54) is 19.2 Å². The molecule has 108 valence electrons. The minimum absolute atomic E-state index is 0.0284. The van der Waals surface area contributed by atoms with E-state index >= 15 is 0 Å². The van der Waals surface area contributed by atoms with Gasteiger partial charge in [0.2, 0.25) is 10.0 Å². The summed E-state index contributed by atoms with van der Waals surface area (Å²) in [6, 6.07) is 3.37. The molecule has 0 fully saturated rings. The van der Waals surface area contributed by atoms with E-state index in [9.17, 15) is 17.9 Å². The third kappa shape index (κ3) is 3.65. The van der Waals surface area contributed by atoms with Gasteiger partial charge in [-0.05, 0) is 31.5 Å². The molecule has 0 saturated heterocycles. The molecule has 5 nitrogen and oxygen atoms in total. The second-order valence-electron chi connectivity index (χ2n) is 4.47. The smallest absolute Gasteiger partial charge is 0.241 e. The first kappa shape index (κ1) is 15.9. The SMILES string of the molecule is CCC(C)(CO)NS(=O)(=O)c1ccc(OC)c(F)c1. The molecule has 1 aromatic carbocycles. The van der Waals surface area contributed by atoms with Crippen LogP contribution in [0, 0.1) is 5.82 Å². The van der Waals surface area contributed by atoms with Gasteiger partial charge in [-0.25, -0.2) is 17.5 Å². The van der Waals surface area contributed by atoms with Crippen LogP contribution in [0.2, 0.25) is 0 Å². The van der Waals surface area contributed by atoms with Crippen LogP contribution in [0.1, 0.15) is 20.3 Å². The number of benzene rings is 1. The van der Waals surface area contributed by atoms with Crippen molar-refractivity contribution in [2.24, 2.45) is 0 Å². The molecule has 1 rings (SSSR count). The second kappa shape index (κ2) is 5.85. The monoisotopic (exact) mass is 291 g/mol. The molecule has 19 heavy (non-hydrogen) atoms. The minimum atomic E-state index is -3.90. The maximum atomic E-state index is 13.5. The van der Waals surface area contributed by atoms with Crippen LogP contribution in [0.4, 0.5) is 4.39 Å². The lowest BCUT2D eigenvalue weighted by Crippen LogP contribution is -2.48. The number of sulfonamides is 1. The molecule has 0 bridgehead atoms. The van der Waals surface area contributed by atoms with Crippen molar-refractivity contribution in [3.8, 4) is 5.75 Å². The molecule has 0 radical (unpaired) electrons. The Bertz CT molecular complexity index is 541. The van der Waals surface area contributed by atoms with Crippen molar-refractivity contribution in [2.45, 2.75) is 30.7 Å². The van der Waals surface area contributed by atoms with E-state index in [0.717, 1.165) is 6.07 Å². The minimum Gasteiger partial charge on any atom is -0.494 e. The first-order valence-electron chi connectivity index (χ1n) is 5.76. The molecule has 0 saturated carbocycles. The van der Waals surface area contributed by atoms with Crippen LogP contribution in [0.5, 0.6) is 5.75 Å².